The summed E-state index contributed by atoms with van der Waals surface area (Å²) in [6.07, 6.45) is -3.98. The molecular formula is C7H8F3NO3. The van der Waals surface area contributed by atoms with Gasteiger partial charge in [0.05, 0.1) is 0 Å². The lowest BCUT2D eigenvalue weighted by Gasteiger charge is -2.20. The second-order valence-electron chi connectivity index (χ2n) is 2.41. The van der Waals surface area contributed by atoms with E-state index in [0.717, 1.165) is 0 Å². The third-order valence-electron chi connectivity index (χ3n) is 1.18. The van der Waals surface area contributed by atoms with Crippen molar-refractivity contribution in [3.05, 3.63) is 12.7 Å². The van der Waals surface area contributed by atoms with Crippen LogP contribution in [-0.2, 0) is 9.59 Å². The fourth-order valence-corrected chi connectivity index (χ4v) is 0.721. The van der Waals surface area contributed by atoms with Crippen molar-refractivity contribution >= 4 is 11.9 Å². The molecule has 0 aromatic rings. The van der Waals surface area contributed by atoms with E-state index in [-0.39, 0.29) is 4.90 Å². The normalized spacial score (nSPS) is 10.8. The van der Waals surface area contributed by atoms with Crippen LogP contribution in [-0.4, -0.2) is 41.1 Å². The first-order chi connectivity index (χ1) is 6.26. The predicted molar refractivity (Wildman–Crippen MR) is 40.5 cm³/mol. The molecule has 0 aliphatic heterocycles. The van der Waals surface area contributed by atoms with Crippen LogP contribution in [0, 0.1) is 0 Å². The zero-order valence-corrected chi connectivity index (χ0v) is 7.04. The van der Waals surface area contributed by atoms with Crippen molar-refractivity contribution in [1.82, 2.24) is 4.90 Å². The predicted octanol–water partition coefficient (Wildman–Crippen LogP) is 0.648. The molecule has 0 radical (unpaired) electrons. The average Bonchev–Trinajstić information content (AvgIpc) is 1.98. The number of carboxylic acids is 1. The minimum absolute atomic E-state index is 0.148. The molecule has 14 heavy (non-hydrogen) atoms. The van der Waals surface area contributed by atoms with Crippen LogP contribution < -0.4 is 0 Å². The Morgan fingerprint density at radius 2 is 1.93 bits per heavy atom. The van der Waals surface area contributed by atoms with Crippen LogP contribution in [0.25, 0.3) is 0 Å². The molecule has 0 aromatic heterocycles. The van der Waals surface area contributed by atoms with E-state index in [2.05, 4.69) is 6.58 Å². The zero-order valence-electron chi connectivity index (χ0n) is 7.04. The minimum atomic E-state index is -4.62. The van der Waals surface area contributed by atoms with Gasteiger partial charge in [-0.2, -0.15) is 13.2 Å². The molecule has 0 aliphatic carbocycles. The van der Waals surface area contributed by atoms with Crippen molar-refractivity contribution in [2.45, 2.75) is 6.18 Å². The number of hydrogen-bond donors (Lipinski definition) is 1. The lowest BCUT2D eigenvalue weighted by Crippen LogP contribution is -2.41. The fourth-order valence-electron chi connectivity index (χ4n) is 0.721. The van der Waals surface area contributed by atoms with Gasteiger partial charge in [-0.1, -0.05) is 6.58 Å². The first-order valence-electron chi connectivity index (χ1n) is 3.46. The van der Waals surface area contributed by atoms with Gasteiger partial charge in [0.2, 0.25) is 5.91 Å². The molecule has 0 heterocycles. The van der Waals surface area contributed by atoms with Gasteiger partial charge in [-0.05, 0) is 6.08 Å². The molecular weight excluding hydrogens is 203 g/mol. The molecule has 4 nitrogen and oxygen atoms in total. The second kappa shape index (κ2) is 4.64. The number of amides is 1. The summed E-state index contributed by atoms with van der Waals surface area (Å²) >= 11 is 0. The summed E-state index contributed by atoms with van der Waals surface area (Å²) in [5.41, 5.74) is 0. The van der Waals surface area contributed by atoms with E-state index in [1.807, 2.05) is 0 Å². The number of alkyl halides is 3. The molecule has 0 rings (SSSR count). The molecule has 0 saturated carbocycles. The summed E-state index contributed by atoms with van der Waals surface area (Å²) < 4.78 is 35.5. The average molecular weight is 211 g/mol. The van der Waals surface area contributed by atoms with Crippen LogP contribution in [0.3, 0.4) is 0 Å². The maximum Gasteiger partial charge on any atom is 0.406 e. The first kappa shape index (κ1) is 12.5. The summed E-state index contributed by atoms with van der Waals surface area (Å²) in [5.74, 6) is -2.57. The van der Waals surface area contributed by atoms with Crippen LogP contribution in [0.2, 0.25) is 0 Å². The van der Waals surface area contributed by atoms with Crippen LogP contribution >= 0.6 is 0 Å². The molecule has 0 unspecified atom stereocenters. The van der Waals surface area contributed by atoms with Gasteiger partial charge in [0.1, 0.15) is 13.1 Å². The lowest BCUT2D eigenvalue weighted by atomic mass is 10.4. The van der Waals surface area contributed by atoms with E-state index in [4.69, 9.17) is 5.11 Å². The zero-order chi connectivity index (χ0) is 11.4. The maximum absolute atomic E-state index is 11.8. The Labute approximate surface area is 77.6 Å². The topological polar surface area (TPSA) is 57.6 Å². The molecule has 1 N–H and O–H groups in total. The van der Waals surface area contributed by atoms with E-state index in [9.17, 15) is 22.8 Å². The van der Waals surface area contributed by atoms with Gasteiger partial charge < -0.3 is 10.0 Å². The van der Waals surface area contributed by atoms with Crippen LogP contribution in [0.15, 0.2) is 12.7 Å². The number of hydrogen-bond acceptors (Lipinski definition) is 2. The Balaban J connectivity index is 4.48. The number of aliphatic carboxylic acids is 1. The second-order valence-corrected chi connectivity index (χ2v) is 2.41. The van der Waals surface area contributed by atoms with Gasteiger partial charge in [-0.25, -0.2) is 0 Å². The summed E-state index contributed by atoms with van der Waals surface area (Å²) in [4.78, 5) is 21.0. The molecule has 80 valence electrons. The highest BCUT2D eigenvalue weighted by atomic mass is 19.4. The SMILES string of the molecule is C=CC(=O)N(CC(=O)O)CC(F)(F)F. The summed E-state index contributed by atoms with van der Waals surface area (Å²) in [5, 5.41) is 8.23. The van der Waals surface area contributed by atoms with E-state index >= 15 is 0 Å². The quantitative estimate of drug-likeness (QED) is 0.694. The van der Waals surface area contributed by atoms with Crippen molar-refractivity contribution in [1.29, 1.82) is 0 Å². The largest absolute Gasteiger partial charge is 0.480 e. The summed E-state index contributed by atoms with van der Waals surface area (Å²) in [6.45, 7) is 0.379. The van der Waals surface area contributed by atoms with Gasteiger partial charge in [-0.3, -0.25) is 9.59 Å². The van der Waals surface area contributed by atoms with Crippen molar-refractivity contribution in [3.63, 3.8) is 0 Å². The summed E-state index contributed by atoms with van der Waals surface area (Å²) in [7, 11) is 0. The number of rotatable bonds is 4. The Morgan fingerprint density at radius 3 is 2.21 bits per heavy atom. The van der Waals surface area contributed by atoms with Gasteiger partial charge in [-0.15, -0.1) is 0 Å². The Hall–Kier alpha value is -1.53. The third kappa shape index (κ3) is 5.18. The molecule has 0 atom stereocenters. The van der Waals surface area contributed by atoms with Crippen LogP contribution in [0.4, 0.5) is 13.2 Å². The molecule has 1 amide bonds. The molecule has 0 saturated heterocycles. The van der Waals surface area contributed by atoms with E-state index < -0.39 is 31.1 Å². The fraction of sp³-hybridized carbons (Fsp3) is 0.429. The Morgan fingerprint density at radius 1 is 1.43 bits per heavy atom. The molecule has 0 spiro atoms. The molecule has 0 bridgehead atoms. The Bertz CT molecular complexity index is 249. The minimum Gasteiger partial charge on any atom is -0.480 e. The van der Waals surface area contributed by atoms with Gasteiger partial charge in [0.25, 0.3) is 0 Å². The molecule has 0 aromatic carbocycles. The first-order valence-corrected chi connectivity index (χ1v) is 3.46. The van der Waals surface area contributed by atoms with Crippen molar-refractivity contribution in [3.8, 4) is 0 Å². The van der Waals surface area contributed by atoms with Crippen molar-refractivity contribution < 1.29 is 27.9 Å². The third-order valence-corrected chi connectivity index (χ3v) is 1.18. The standard InChI is InChI=1S/C7H8F3NO3/c1-2-5(12)11(3-6(13)14)4-7(8,9)10/h2H,1,3-4H2,(H,13,14). The number of nitrogens with zero attached hydrogens (tertiary/aromatic N) is 1. The van der Waals surface area contributed by atoms with E-state index in [1.54, 1.807) is 0 Å². The van der Waals surface area contributed by atoms with Crippen molar-refractivity contribution in [2.75, 3.05) is 13.1 Å². The lowest BCUT2D eigenvalue weighted by molar-refractivity contribution is -0.163. The summed E-state index contributed by atoms with van der Waals surface area (Å²) in [6, 6.07) is 0. The molecule has 0 fully saturated rings. The highest BCUT2D eigenvalue weighted by molar-refractivity contribution is 5.89. The van der Waals surface area contributed by atoms with E-state index in [0.29, 0.717) is 6.08 Å². The molecule has 7 heteroatoms. The van der Waals surface area contributed by atoms with E-state index in [1.165, 1.54) is 0 Å². The number of carbonyl (C=O) groups excluding carboxylic acids is 1. The smallest absolute Gasteiger partial charge is 0.406 e. The van der Waals surface area contributed by atoms with Gasteiger partial charge in [0.15, 0.2) is 0 Å². The number of halogens is 3. The monoisotopic (exact) mass is 211 g/mol. The van der Waals surface area contributed by atoms with Gasteiger partial charge in [0, 0.05) is 0 Å². The maximum atomic E-state index is 11.8. The molecule has 0 aliphatic rings. The van der Waals surface area contributed by atoms with Crippen LogP contribution in [0.5, 0.6) is 0 Å². The number of carbonyl (C=O) groups is 2. The highest BCUT2D eigenvalue weighted by Gasteiger charge is 2.33. The number of carboxylic acid groups (broad SMARTS) is 1. The van der Waals surface area contributed by atoms with Crippen molar-refractivity contribution in [2.24, 2.45) is 0 Å². The van der Waals surface area contributed by atoms with Gasteiger partial charge >= 0.3 is 12.1 Å². The van der Waals surface area contributed by atoms with Crippen LogP contribution in [0.1, 0.15) is 0 Å². The Kier molecular flexibility index (Phi) is 4.13. The highest BCUT2D eigenvalue weighted by Crippen LogP contribution is 2.16.